The fraction of sp³-hybridized carbons (Fsp3) is 0.529. The van der Waals surface area contributed by atoms with Crippen LogP contribution in [0.2, 0.25) is 0 Å². The van der Waals surface area contributed by atoms with Gasteiger partial charge in [-0.25, -0.2) is 0 Å². The Hall–Kier alpha value is -1.69. The number of hydrogen-bond donors (Lipinski definition) is 1. The second-order valence-electron chi connectivity index (χ2n) is 6.38. The van der Waals surface area contributed by atoms with Crippen LogP contribution < -0.4 is 10.2 Å². The summed E-state index contributed by atoms with van der Waals surface area (Å²) in [6.45, 7) is 4.46. The molecule has 1 unspecified atom stereocenters. The molecule has 1 N–H and O–H groups in total. The molecule has 2 aliphatic heterocycles. The highest BCUT2D eigenvalue weighted by atomic mass is 32.2. The Morgan fingerprint density at radius 3 is 3.00 bits per heavy atom. The van der Waals surface area contributed by atoms with Crippen LogP contribution in [-0.4, -0.2) is 54.9 Å². The number of nitrogens with zero attached hydrogens (tertiary/aromatic N) is 2. The van der Waals surface area contributed by atoms with Gasteiger partial charge in [0.05, 0.1) is 11.4 Å². The Morgan fingerprint density at radius 2 is 2.17 bits per heavy atom. The predicted molar refractivity (Wildman–Crippen MR) is 95.4 cm³/mol. The lowest BCUT2D eigenvalue weighted by molar-refractivity contribution is -0.115. The van der Waals surface area contributed by atoms with Crippen LogP contribution in [0, 0.1) is 5.92 Å². The zero-order valence-corrected chi connectivity index (χ0v) is 14.5. The summed E-state index contributed by atoms with van der Waals surface area (Å²) < 4.78 is 0. The number of amides is 2. The van der Waals surface area contributed by atoms with E-state index in [1.165, 1.54) is 0 Å². The Morgan fingerprint density at radius 1 is 1.35 bits per heavy atom. The molecule has 2 aliphatic rings. The molecule has 1 atom stereocenters. The van der Waals surface area contributed by atoms with E-state index in [1.54, 1.807) is 0 Å². The van der Waals surface area contributed by atoms with Crippen molar-refractivity contribution >= 4 is 35.0 Å². The quantitative estimate of drug-likeness (QED) is 0.857. The Bertz CT molecular complexity index is 620. The van der Waals surface area contributed by atoms with Gasteiger partial charge in [-0.1, -0.05) is 6.92 Å². The lowest BCUT2D eigenvalue weighted by Crippen LogP contribution is -2.35. The maximum Gasteiger partial charge on any atom is 0.253 e. The van der Waals surface area contributed by atoms with E-state index < -0.39 is 0 Å². The number of anilines is 2. The Kier molecular flexibility index (Phi) is 4.80. The molecule has 1 aromatic carbocycles. The number of nitrogens with one attached hydrogen (secondary N) is 1. The zero-order chi connectivity index (χ0) is 16.4. The van der Waals surface area contributed by atoms with Crippen LogP contribution in [-0.2, 0) is 4.79 Å². The molecule has 3 rings (SSSR count). The van der Waals surface area contributed by atoms with Crippen LogP contribution in [0.3, 0.4) is 0 Å². The van der Waals surface area contributed by atoms with Crippen LogP contribution in [0.4, 0.5) is 11.4 Å². The van der Waals surface area contributed by atoms with Gasteiger partial charge in [0.2, 0.25) is 5.91 Å². The van der Waals surface area contributed by atoms with Gasteiger partial charge in [0, 0.05) is 44.4 Å². The number of rotatable bonds is 1. The lowest BCUT2D eigenvalue weighted by Gasteiger charge is -2.24. The topological polar surface area (TPSA) is 52.7 Å². The average molecular weight is 333 g/mol. The average Bonchev–Trinajstić information content (AvgIpc) is 2.83. The van der Waals surface area contributed by atoms with E-state index in [1.807, 2.05) is 46.8 Å². The van der Waals surface area contributed by atoms with Gasteiger partial charge in [-0.15, -0.1) is 0 Å². The second-order valence-corrected chi connectivity index (χ2v) is 7.53. The number of hydrogen-bond acceptors (Lipinski definition) is 4. The molecule has 124 valence electrons. The minimum atomic E-state index is -0.00000583. The maximum absolute atomic E-state index is 12.8. The monoisotopic (exact) mass is 333 g/mol. The predicted octanol–water partition coefficient (Wildman–Crippen LogP) is 2.29. The van der Waals surface area contributed by atoms with Gasteiger partial charge in [0.1, 0.15) is 0 Å². The van der Waals surface area contributed by atoms with Crippen molar-refractivity contribution in [3.63, 3.8) is 0 Å². The number of thioether (sulfide) groups is 1. The standard InChI is InChI=1S/C17H23N3O2S/c1-12-10-20(7-8-23-11-12)17(22)13-3-4-15-14(9-13)18-16(21)5-6-19(15)2/h3-4,9,12H,5-8,10-11H2,1-2H3,(H,18,21). The Labute approximate surface area is 141 Å². The van der Waals surface area contributed by atoms with Crippen molar-refractivity contribution in [2.45, 2.75) is 13.3 Å². The molecule has 5 nitrogen and oxygen atoms in total. The molecule has 23 heavy (non-hydrogen) atoms. The summed E-state index contributed by atoms with van der Waals surface area (Å²) in [6.07, 6.45) is 0.468. The van der Waals surface area contributed by atoms with Gasteiger partial charge >= 0.3 is 0 Å². The van der Waals surface area contributed by atoms with Crippen molar-refractivity contribution in [1.82, 2.24) is 4.90 Å². The van der Waals surface area contributed by atoms with E-state index in [0.29, 0.717) is 24.4 Å². The van der Waals surface area contributed by atoms with Crippen molar-refractivity contribution in [2.24, 2.45) is 5.92 Å². The summed E-state index contributed by atoms with van der Waals surface area (Å²) in [4.78, 5) is 28.6. The fourth-order valence-electron chi connectivity index (χ4n) is 3.05. The van der Waals surface area contributed by atoms with Crippen molar-refractivity contribution in [2.75, 3.05) is 48.4 Å². The summed E-state index contributed by atoms with van der Waals surface area (Å²) in [5, 5.41) is 2.92. The van der Waals surface area contributed by atoms with Gasteiger partial charge < -0.3 is 15.1 Å². The molecule has 1 fully saturated rings. The van der Waals surface area contributed by atoms with Crippen LogP contribution in [0.5, 0.6) is 0 Å². The number of carbonyl (C=O) groups is 2. The number of fused-ring (bicyclic) bond motifs is 1. The van der Waals surface area contributed by atoms with Crippen LogP contribution in [0.15, 0.2) is 18.2 Å². The van der Waals surface area contributed by atoms with Crippen molar-refractivity contribution in [3.8, 4) is 0 Å². The summed E-state index contributed by atoms with van der Waals surface area (Å²) in [7, 11) is 1.97. The van der Waals surface area contributed by atoms with Gasteiger partial charge in [0.25, 0.3) is 5.91 Å². The molecule has 2 heterocycles. The normalized spacial score (nSPS) is 22.0. The molecular weight excluding hydrogens is 310 g/mol. The highest BCUT2D eigenvalue weighted by Gasteiger charge is 2.23. The van der Waals surface area contributed by atoms with E-state index >= 15 is 0 Å². The first-order chi connectivity index (χ1) is 11.0. The molecule has 0 aliphatic carbocycles. The molecule has 0 bridgehead atoms. The van der Waals surface area contributed by atoms with Gasteiger partial charge in [-0.05, 0) is 29.9 Å². The molecule has 0 radical (unpaired) electrons. The van der Waals surface area contributed by atoms with E-state index in [-0.39, 0.29) is 11.8 Å². The van der Waals surface area contributed by atoms with Crippen LogP contribution in [0.1, 0.15) is 23.7 Å². The third-order valence-electron chi connectivity index (χ3n) is 4.33. The van der Waals surface area contributed by atoms with Gasteiger partial charge in [-0.2, -0.15) is 11.8 Å². The fourth-order valence-corrected chi connectivity index (χ4v) is 4.07. The Balaban J connectivity index is 1.85. The largest absolute Gasteiger partial charge is 0.372 e. The van der Waals surface area contributed by atoms with Crippen LogP contribution >= 0.6 is 11.8 Å². The lowest BCUT2D eigenvalue weighted by atomic mass is 10.1. The summed E-state index contributed by atoms with van der Waals surface area (Å²) >= 11 is 1.91. The third-order valence-corrected chi connectivity index (χ3v) is 5.61. The minimum absolute atomic E-state index is 0.00000583. The number of carbonyl (C=O) groups excluding carboxylic acids is 2. The summed E-state index contributed by atoms with van der Waals surface area (Å²) in [5.74, 6) is 2.66. The number of benzene rings is 1. The molecular formula is C17H23N3O2S. The molecule has 0 aromatic heterocycles. The molecule has 2 amide bonds. The van der Waals surface area contributed by atoms with E-state index in [0.717, 1.165) is 36.0 Å². The van der Waals surface area contributed by atoms with E-state index in [2.05, 4.69) is 12.2 Å². The maximum atomic E-state index is 12.8. The first kappa shape index (κ1) is 16.2. The molecule has 1 aromatic rings. The second kappa shape index (κ2) is 6.83. The highest BCUT2D eigenvalue weighted by Crippen LogP contribution is 2.29. The van der Waals surface area contributed by atoms with E-state index in [9.17, 15) is 9.59 Å². The van der Waals surface area contributed by atoms with Gasteiger partial charge in [0.15, 0.2) is 0 Å². The molecule has 1 saturated heterocycles. The summed E-state index contributed by atoms with van der Waals surface area (Å²) in [6, 6.07) is 5.63. The SMILES string of the molecule is CC1CSCCN(C(=O)c2ccc3c(c2)NC(=O)CCN3C)C1. The van der Waals surface area contributed by atoms with Crippen molar-refractivity contribution in [1.29, 1.82) is 0 Å². The van der Waals surface area contributed by atoms with Crippen LogP contribution in [0.25, 0.3) is 0 Å². The van der Waals surface area contributed by atoms with Crippen molar-refractivity contribution in [3.05, 3.63) is 23.8 Å². The molecule has 0 saturated carbocycles. The first-order valence-corrected chi connectivity index (χ1v) is 9.22. The van der Waals surface area contributed by atoms with E-state index in [4.69, 9.17) is 0 Å². The smallest absolute Gasteiger partial charge is 0.253 e. The molecule has 0 spiro atoms. The van der Waals surface area contributed by atoms with Crippen molar-refractivity contribution < 1.29 is 9.59 Å². The highest BCUT2D eigenvalue weighted by molar-refractivity contribution is 7.99. The minimum Gasteiger partial charge on any atom is -0.372 e. The first-order valence-electron chi connectivity index (χ1n) is 8.06. The summed E-state index contributed by atoms with van der Waals surface area (Å²) in [5.41, 5.74) is 2.35. The molecule has 6 heteroatoms. The third kappa shape index (κ3) is 3.63. The zero-order valence-electron chi connectivity index (χ0n) is 13.7. The van der Waals surface area contributed by atoms with Gasteiger partial charge in [-0.3, -0.25) is 9.59 Å².